The predicted octanol–water partition coefficient (Wildman–Crippen LogP) is 4.03. The molecule has 1 aromatic heterocycles. The zero-order chi connectivity index (χ0) is 19.2. The van der Waals surface area contributed by atoms with Crippen LogP contribution in [0.2, 0.25) is 0 Å². The summed E-state index contributed by atoms with van der Waals surface area (Å²) in [7, 11) is 0. The smallest absolute Gasteiger partial charge is 0.387 e. The van der Waals surface area contributed by atoms with E-state index in [4.69, 9.17) is 0 Å². The van der Waals surface area contributed by atoms with Gasteiger partial charge in [-0.1, -0.05) is 15.9 Å². The van der Waals surface area contributed by atoms with E-state index in [-0.39, 0.29) is 5.75 Å². The molecule has 0 bridgehead atoms. The van der Waals surface area contributed by atoms with E-state index in [0.717, 1.165) is 30.5 Å². The van der Waals surface area contributed by atoms with Gasteiger partial charge in [0.1, 0.15) is 17.6 Å². The molecule has 0 N–H and O–H groups in total. The van der Waals surface area contributed by atoms with Gasteiger partial charge in [0.15, 0.2) is 0 Å². The third-order valence-corrected chi connectivity index (χ3v) is 4.92. The molecule has 0 spiro atoms. The van der Waals surface area contributed by atoms with Crippen LogP contribution < -0.4 is 9.64 Å². The Morgan fingerprint density at radius 2 is 2.07 bits per heavy atom. The summed E-state index contributed by atoms with van der Waals surface area (Å²) in [6.45, 7) is 0.737. The summed E-state index contributed by atoms with van der Waals surface area (Å²) >= 11 is 3.39. The van der Waals surface area contributed by atoms with Crippen molar-refractivity contribution in [2.45, 2.75) is 19.6 Å². The molecule has 0 unspecified atom stereocenters. The maximum atomic E-state index is 12.7. The van der Waals surface area contributed by atoms with Gasteiger partial charge in [-0.3, -0.25) is 4.90 Å². The minimum absolute atomic E-state index is 0.200. The number of aromatic nitrogens is 1. The Bertz CT molecular complexity index is 828. The Morgan fingerprint density at radius 3 is 2.85 bits per heavy atom. The van der Waals surface area contributed by atoms with Crippen molar-refractivity contribution < 1.29 is 13.5 Å². The first-order valence-corrected chi connectivity index (χ1v) is 9.42. The minimum atomic E-state index is -2.85. The molecule has 0 amide bonds. The van der Waals surface area contributed by atoms with Crippen molar-refractivity contribution in [2.24, 2.45) is 0 Å². The first-order valence-electron chi connectivity index (χ1n) is 8.62. The molecule has 0 aliphatic carbocycles. The van der Waals surface area contributed by atoms with Crippen LogP contribution >= 0.6 is 15.9 Å². The average molecular weight is 437 g/mol. The molecule has 142 valence electrons. The lowest BCUT2D eigenvalue weighted by Gasteiger charge is -2.24. The van der Waals surface area contributed by atoms with E-state index in [0.29, 0.717) is 30.0 Å². The number of benzene rings is 1. The lowest BCUT2D eigenvalue weighted by molar-refractivity contribution is -0.0507. The van der Waals surface area contributed by atoms with Crippen LogP contribution in [0.15, 0.2) is 41.0 Å². The lowest BCUT2D eigenvalue weighted by Crippen LogP contribution is -2.31. The fourth-order valence-electron chi connectivity index (χ4n) is 3.20. The first kappa shape index (κ1) is 19.5. The molecular weight excluding hydrogens is 418 g/mol. The van der Waals surface area contributed by atoms with Crippen molar-refractivity contribution in [1.29, 1.82) is 5.26 Å². The van der Waals surface area contributed by atoms with E-state index in [1.54, 1.807) is 30.5 Å². The first-order chi connectivity index (χ1) is 13.1. The summed E-state index contributed by atoms with van der Waals surface area (Å²) in [6, 6.07) is 10.8. The van der Waals surface area contributed by atoms with Crippen molar-refractivity contribution in [2.75, 3.05) is 31.1 Å². The highest BCUT2D eigenvalue weighted by Gasteiger charge is 2.20. The lowest BCUT2D eigenvalue weighted by atomic mass is 10.2. The summed E-state index contributed by atoms with van der Waals surface area (Å²) in [5.41, 5.74) is 1.28. The molecule has 27 heavy (non-hydrogen) atoms. The number of pyridine rings is 1. The Kier molecular flexibility index (Phi) is 6.58. The average Bonchev–Trinajstić information content (AvgIpc) is 2.89. The van der Waals surface area contributed by atoms with Crippen LogP contribution in [0.4, 0.5) is 14.6 Å². The molecule has 8 heteroatoms. The van der Waals surface area contributed by atoms with E-state index >= 15 is 0 Å². The van der Waals surface area contributed by atoms with Gasteiger partial charge < -0.3 is 9.64 Å². The Hall–Kier alpha value is -2.24. The standard InChI is InChI=1S/C19H19BrF2N4O/c20-16-4-5-17(27-19(21)22)15(11-16)13-25-7-2-8-26(10-9-25)18-14(12-23)3-1-6-24-18/h1,3-6,11,19H,2,7-10,13H2. The zero-order valence-corrected chi connectivity index (χ0v) is 16.2. The van der Waals surface area contributed by atoms with Crippen molar-refractivity contribution in [3.05, 3.63) is 52.1 Å². The van der Waals surface area contributed by atoms with Gasteiger partial charge in [-0.15, -0.1) is 0 Å². The maximum Gasteiger partial charge on any atom is 0.387 e. The monoisotopic (exact) mass is 436 g/mol. The summed E-state index contributed by atoms with van der Waals surface area (Å²) in [5, 5.41) is 9.29. The van der Waals surface area contributed by atoms with Gasteiger partial charge in [-0.05, 0) is 36.8 Å². The Morgan fingerprint density at radius 1 is 1.22 bits per heavy atom. The van der Waals surface area contributed by atoms with Crippen molar-refractivity contribution in [3.8, 4) is 11.8 Å². The number of alkyl halides is 2. The molecule has 1 fully saturated rings. The summed E-state index contributed by atoms with van der Waals surface area (Å²) in [6.07, 6.45) is 2.58. The number of rotatable bonds is 5. The topological polar surface area (TPSA) is 52.4 Å². The second-order valence-electron chi connectivity index (χ2n) is 6.23. The van der Waals surface area contributed by atoms with E-state index in [1.807, 2.05) is 6.07 Å². The van der Waals surface area contributed by atoms with E-state index < -0.39 is 6.61 Å². The van der Waals surface area contributed by atoms with Crippen molar-refractivity contribution in [3.63, 3.8) is 0 Å². The van der Waals surface area contributed by atoms with Crippen molar-refractivity contribution in [1.82, 2.24) is 9.88 Å². The van der Waals surface area contributed by atoms with E-state index in [2.05, 4.69) is 41.5 Å². The summed E-state index contributed by atoms with van der Waals surface area (Å²) in [4.78, 5) is 8.67. The second-order valence-corrected chi connectivity index (χ2v) is 7.15. The molecular formula is C19H19BrF2N4O. The van der Waals surface area contributed by atoms with Gasteiger partial charge in [0.25, 0.3) is 0 Å². The third kappa shape index (κ3) is 5.15. The second kappa shape index (κ2) is 9.11. The number of nitriles is 1. The van der Waals surface area contributed by atoms with Crippen LogP contribution in [0.3, 0.4) is 0 Å². The zero-order valence-electron chi connectivity index (χ0n) is 14.6. The molecule has 2 aromatic rings. The highest BCUT2D eigenvalue weighted by atomic mass is 79.9. The fraction of sp³-hybridized carbons (Fsp3) is 0.368. The fourth-order valence-corrected chi connectivity index (χ4v) is 3.61. The summed E-state index contributed by atoms with van der Waals surface area (Å²) < 4.78 is 30.8. The molecule has 1 aliphatic rings. The molecule has 1 aliphatic heterocycles. The molecule has 0 atom stereocenters. The van der Waals surface area contributed by atoms with Crippen LogP contribution in [0, 0.1) is 11.3 Å². The van der Waals surface area contributed by atoms with Crippen LogP contribution in [0.1, 0.15) is 17.5 Å². The molecule has 1 saturated heterocycles. The van der Waals surface area contributed by atoms with Gasteiger partial charge >= 0.3 is 6.61 Å². The molecule has 0 saturated carbocycles. The SMILES string of the molecule is N#Cc1cccnc1N1CCCN(Cc2cc(Br)ccc2OC(F)F)CC1. The van der Waals surface area contributed by atoms with Gasteiger partial charge in [-0.2, -0.15) is 14.0 Å². The Labute approximate surface area is 165 Å². The van der Waals surface area contributed by atoms with Crippen LogP contribution in [-0.2, 0) is 6.54 Å². The predicted molar refractivity (Wildman–Crippen MR) is 102 cm³/mol. The van der Waals surface area contributed by atoms with Gasteiger partial charge in [0.05, 0.1) is 5.56 Å². The largest absolute Gasteiger partial charge is 0.434 e. The molecule has 1 aromatic carbocycles. The maximum absolute atomic E-state index is 12.7. The molecule has 5 nitrogen and oxygen atoms in total. The van der Waals surface area contributed by atoms with Crippen LogP contribution in [0.5, 0.6) is 5.75 Å². The minimum Gasteiger partial charge on any atom is -0.434 e. The Balaban J connectivity index is 1.70. The van der Waals surface area contributed by atoms with Gasteiger partial charge in [0, 0.05) is 49.0 Å². The molecule has 3 rings (SSSR count). The van der Waals surface area contributed by atoms with Crippen LogP contribution in [-0.4, -0.2) is 42.7 Å². The highest BCUT2D eigenvalue weighted by Crippen LogP contribution is 2.27. The quantitative estimate of drug-likeness (QED) is 0.707. The number of halogens is 3. The number of hydrogen-bond acceptors (Lipinski definition) is 5. The number of ether oxygens (including phenoxy) is 1. The van der Waals surface area contributed by atoms with Crippen LogP contribution in [0.25, 0.3) is 0 Å². The third-order valence-electron chi connectivity index (χ3n) is 4.43. The molecule has 2 heterocycles. The normalized spacial score (nSPS) is 15.4. The summed E-state index contributed by atoms with van der Waals surface area (Å²) in [5.74, 6) is 0.900. The molecule has 0 radical (unpaired) electrons. The van der Waals surface area contributed by atoms with Gasteiger partial charge in [-0.25, -0.2) is 4.98 Å². The number of nitrogens with zero attached hydrogens (tertiary/aromatic N) is 4. The highest BCUT2D eigenvalue weighted by molar-refractivity contribution is 9.10. The van der Waals surface area contributed by atoms with Crippen molar-refractivity contribution >= 4 is 21.7 Å². The van der Waals surface area contributed by atoms with E-state index in [1.165, 1.54) is 0 Å². The van der Waals surface area contributed by atoms with E-state index in [9.17, 15) is 14.0 Å². The van der Waals surface area contributed by atoms with Gasteiger partial charge in [0.2, 0.25) is 0 Å². The number of anilines is 1. The number of hydrogen-bond donors (Lipinski definition) is 0.